The fourth-order valence-corrected chi connectivity index (χ4v) is 1.66. The normalized spacial score (nSPS) is 12.1. The van der Waals surface area contributed by atoms with Gasteiger partial charge >= 0.3 is 0 Å². The quantitative estimate of drug-likeness (QED) is 0.868. The fourth-order valence-electron chi connectivity index (χ4n) is 1.66. The molecule has 4 nitrogen and oxygen atoms in total. The summed E-state index contributed by atoms with van der Waals surface area (Å²) in [6, 6.07) is 9.92. The molecule has 1 unspecified atom stereocenters. The molecule has 17 heavy (non-hydrogen) atoms. The second-order valence-corrected chi connectivity index (χ2v) is 3.93. The third kappa shape index (κ3) is 3.17. The van der Waals surface area contributed by atoms with Crippen LogP contribution in [0.15, 0.2) is 49.1 Å². The van der Waals surface area contributed by atoms with Crippen LogP contribution in [-0.4, -0.2) is 15.5 Å². The van der Waals surface area contributed by atoms with Crippen molar-refractivity contribution >= 4 is 5.91 Å². The molecule has 1 aromatic heterocycles. The molecule has 0 spiro atoms. The zero-order chi connectivity index (χ0) is 12.1. The van der Waals surface area contributed by atoms with Crippen molar-refractivity contribution < 1.29 is 4.79 Å². The average molecular weight is 229 g/mol. The molecule has 1 heterocycles. The molecule has 0 aliphatic heterocycles. The van der Waals surface area contributed by atoms with Crippen LogP contribution in [0.2, 0.25) is 0 Å². The number of imidazole rings is 1. The Morgan fingerprint density at radius 1 is 1.41 bits per heavy atom. The Balaban J connectivity index is 1.91. The Kier molecular flexibility index (Phi) is 3.55. The highest BCUT2D eigenvalue weighted by Gasteiger charge is 2.08. The minimum atomic E-state index is -0.0145. The Bertz CT molecular complexity index is 465. The first kappa shape index (κ1) is 11.4. The van der Waals surface area contributed by atoms with Gasteiger partial charge < -0.3 is 9.88 Å². The molecule has 2 rings (SSSR count). The van der Waals surface area contributed by atoms with E-state index >= 15 is 0 Å². The Morgan fingerprint density at radius 3 is 2.82 bits per heavy atom. The van der Waals surface area contributed by atoms with Crippen LogP contribution in [0.1, 0.15) is 18.5 Å². The lowest BCUT2D eigenvalue weighted by atomic mass is 10.1. The van der Waals surface area contributed by atoms with Crippen LogP contribution in [-0.2, 0) is 11.3 Å². The molecule has 0 saturated heterocycles. The van der Waals surface area contributed by atoms with Gasteiger partial charge in [0.1, 0.15) is 6.54 Å². The number of hydrogen-bond acceptors (Lipinski definition) is 2. The lowest BCUT2D eigenvalue weighted by Gasteiger charge is -2.14. The summed E-state index contributed by atoms with van der Waals surface area (Å²) in [7, 11) is 0. The van der Waals surface area contributed by atoms with Crippen molar-refractivity contribution in [2.45, 2.75) is 19.5 Å². The maximum absolute atomic E-state index is 11.7. The number of benzene rings is 1. The molecule has 0 fully saturated rings. The predicted octanol–water partition coefficient (Wildman–Crippen LogP) is 1.76. The first-order valence-corrected chi connectivity index (χ1v) is 5.56. The van der Waals surface area contributed by atoms with E-state index in [4.69, 9.17) is 0 Å². The lowest BCUT2D eigenvalue weighted by Crippen LogP contribution is -2.29. The SMILES string of the molecule is CC(NC(=O)Cn1ccnc1)c1ccccc1. The van der Waals surface area contributed by atoms with E-state index in [9.17, 15) is 4.79 Å². The molecule has 0 aliphatic carbocycles. The van der Waals surface area contributed by atoms with Gasteiger partial charge in [-0.1, -0.05) is 30.3 Å². The van der Waals surface area contributed by atoms with E-state index in [2.05, 4.69) is 10.3 Å². The van der Waals surface area contributed by atoms with Gasteiger partial charge in [-0.15, -0.1) is 0 Å². The Hall–Kier alpha value is -2.10. The lowest BCUT2D eigenvalue weighted by molar-refractivity contribution is -0.122. The van der Waals surface area contributed by atoms with Gasteiger partial charge in [0, 0.05) is 12.4 Å². The molecule has 0 radical (unpaired) electrons. The number of amides is 1. The minimum absolute atomic E-state index is 0.0145. The summed E-state index contributed by atoms with van der Waals surface area (Å²) in [5.74, 6) is -0.0145. The molecule has 1 aromatic carbocycles. The summed E-state index contributed by atoms with van der Waals surface area (Å²) < 4.78 is 1.74. The molecule has 0 bridgehead atoms. The van der Waals surface area contributed by atoms with Gasteiger partial charge in [-0.05, 0) is 12.5 Å². The van der Waals surface area contributed by atoms with Gasteiger partial charge in [0.2, 0.25) is 5.91 Å². The van der Waals surface area contributed by atoms with Crippen molar-refractivity contribution in [3.8, 4) is 0 Å². The van der Waals surface area contributed by atoms with E-state index < -0.39 is 0 Å². The van der Waals surface area contributed by atoms with E-state index in [0.717, 1.165) is 5.56 Å². The number of carbonyl (C=O) groups is 1. The second-order valence-electron chi connectivity index (χ2n) is 3.93. The summed E-state index contributed by atoms with van der Waals surface area (Å²) in [6.45, 7) is 2.28. The van der Waals surface area contributed by atoms with Crippen LogP contribution in [0.3, 0.4) is 0 Å². The monoisotopic (exact) mass is 229 g/mol. The Morgan fingerprint density at radius 2 is 2.18 bits per heavy atom. The molecule has 0 saturated carbocycles. The molecule has 4 heteroatoms. The van der Waals surface area contributed by atoms with E-state index in [0.29, 0.717) is 6.54 Å². The zero-order valence-corrected chi connectivity index (χ0v) is 9.71. The number of hydrogen-bond donors (Lipinski definition) is 1. The van der Waals surface area contributed by atoms with Crippen molar-refractivity contribution in [3.05, 3.63) is 54.6 Å². The molecular formula is C13H15N3O. The summed E-state index contributed by atoms with van der Waals surface area (Å²) in [5.41, 5.74) is 1.10. The van der Waals surface area contributed by atoms with Gasteiger partial charge in [0.05, 0.1) is 12.4 Å². The predicted molar refractivity (Wildman–Crippen MR) is 65.2 cm³/mol. The minimum Gasteiger partial charge on any atom is -0.348 e. The molecule has 1 amide bonds. The van der Waals surface area contributed by atoms with Crippen molar-refractivity contribution in [1.82, 2.24) is 14.9 Å². The summed E-state index contributed by atoms with van der Waals surface area (Å²) in [4.78, 5) is 15.6. The van der Waals surface area contributed by atoms with Crippen molar-refractivity contribution in [3.63, 3.8) is 0 Å². The van der Waals surface area contributed by atoms with Gasteiger partial charge in [-0.3, -0.25) is 4.79 Å². The highest BCUT2D eigenvalue weighted by molar-refractivity contribution is 5.76. The smallest absolute Gasteiger partial charge is 0.240 e. The molecule has 1 atom stereocenters. The first-order chi connectivity index (χ1) is 8.25. The van der Waals surface area contributed by atoms with Crippen molar-refractivity contribution in [2.24, 2.45) is 0 Å². The second kappa shape index (κ2) is 5.30. The largest absolute Gasteiger partial charge is 0.348 e. The third-order valence-electron chi connectivity index (χ3n) is 2.56. The van der Waals surface area contributed by atoms with Gasteiger partial charge in [0.15, 0.2) is 0 Å². The molecule has 1 N–H and O–H groups in total. The summed E-state index contributed by atoms with van der Waals surface area (Å²) in [5, 5.41) is 2.95. The fraction of sp³-hybridized carbons (Fsp3) is 0.231. The molecular weight excluding hydrogens is 214 g/mol. The first-order valence-electron chi connectivity index (χ1n) is 5.56. The Labute approximate surface area is 100 Å². The van der Waals surface area contributed by atoms with E-state index in [1.807, 2.05) is 37.3 Å². The number of aromatic nitrogens is 2. The van der Waals surface area contributed by atoms with Gasteiger partial charge in [-0.2, -0.15) is 0 Å². The van der Waals surface area contributed by atoms with Crippen LogP contribution in [0, 0.1) is 0 Å². The summed E-state index contributed by atoms with van der Waals surface area (Å²) in [6.07, 6.45) is 5.06. The maximum atomic E-state index is 11.7. The summed E-state index contributed by atoms with van der Waals surface area (Å²) >= 11 is 0. The zero-order valence-electron chi connectivity index (χ0n) is 9.71. The maximum Gasteiger partial charge on any atom is 0.240 e. The van der Waals surface area contributed by atoms with E-state index in [1.165, 1.54) is 0 Å². The standard InChI is InChI=1S/C13H15N3O/c1-11(12-5-3-2-4-6-12)15-13(17)9-16-8-7-14-10-16/h2-8,10-11H,9H2,1H3,(H,15,17). The topological polar surface area (TPSA) is 46.9 Å². The highest BCUT2D eigenvalue weighted by Crippen LogP contribution is 2.10. The molecule has 0 aliphatic rings. The molecule has 2 aromatic rings. The van der Waals surface area contributed by atoms with Gasteiger partial charge in [-0.25, -0.2) is 4.98 Å². The van der Waals surface area contributed by atoms with E-state index in [-0.39, 0.29) is 11.9 Å². The van der Waals surface area contributed by atoms with E-state index in [1.54, 1.807) is 23.3 Å². The van der Waals surface area contributed by atoms with Crippen LogP contribution in [0.5, 0.6) is 0 Å². The van der Waals surface area contributed by atoms with Crippen LogP contribution < -0.4 is 5.32 Å². The average Bonchev–Trinajstić information content (AvgIpc) is 2.82. The van der Waals surface area contributed by atoms with Crippen LogP contribution in [0.25, 0.3) is 0 Å². The van der Waals surface area contributed by atoms with Crippen LogP contribution >= 0.6 is 0 Å². The highest BCUT2D eigenvalue weighted by atomic mass is 16.2. The molecule has 88 valence electrons. The van der Waals surface area contributed by atoms with Crippen LogP contribution in [0.4, 0.5) is 0 Å². The number of nitrogens with zero attached hydrogens (tertiary/aromatic N) is 2. The van der Waals surface area contributed by atoms with Crippen molar-refractivity contribution in [1.29, 1.82) is 0 Å². The number of nitrogens with one attached hydrogen (secondary N) is 1. The number of carbonyl (C=O) groups excluding carboxylic acids is 1. The van der Waals surface area contributed by atoms with Crippen molar-refractivity contribution in [2.75, 3.05) is 0 Å². The van der Waals surface area contributed by atoms with Gasteiger partial charge in [0.25, 0.3) is 0 Å². The third-order valence-corrected chi connectivity index (χ3v) is 2.56. The number of rotatable bonds is 4.